The van der Waals surface area contributed by atoms with Crippen molar-refractivity contribution < 1.29 is 4.79 Å². The van der Waals surface area contributed by atoms with E-state index < -0.39 is 0 Å². The van der Waals surface area contributed by atoms with Crippen molar-refractivity contribution in [1.82, 2.24) is 0 Å². The molecule has 0 aliphatic rings. The van der Waals surface area contributed by atoms with Gasteiger partial charge in [0.05, 0.1) is 5.55 Å². The number of carbonyl (C=O) groups is 1. The average Bonchev–Trinajstić information content (AvgIpc) is 2.07. The lowest BCUT2D eigenvalue weighted by Gasteiger charge is -1.93. The molecule has 0 bridgehead atoms. The zero-order valence-corrected chi connectivity index (χ0v) is 6.60. The van der Waals surface area contributed by atoms with E-state index in [0.29, 0.717) is 5.56 Å². The molecular weight excluding hydrogens is 158 g/mol. The van der Waals surface area contributed by atoms with Crippen molar-refractivity contribution in [2.75, 3.05) is 0 Å². The van der Waals surface area contributed by atoms with Gasteiger partial charge in [-0.1, -0.05) is 23.9 Å². The first-order chi connectivity index (χ1) is 5.36. The number of nitrogens with one attached hydrogen (secondary N) is 1. The monoisotopic (exact) mass is 165 g/mol. The molecule has 1 aromatic carbocycles. The second-order valence-electron chi connectivity index (χ2n) is 1.92. The molecule has 2 nitrogen and oxygen atoms in total. The summed E-state index contributed by atoms with van der Waals surface area (Å²) in [4.78, 5) is 11.2. The summed E-state index contributed by atoms with van der Waals surface area (Å²) in [6.07, 6.45) is 0.804. The third kappa shape index (κ3) is 2.20. The normalized spacial score (nSPS) is 9.09. The van der Waals surface area contributed by atoms with Crippen LogP contribution in [-0.4, -0.2) is 11.8 Å². The van der Waals surface area contributed by atoms with E-state index >= 15 is 0 Å². The summed E-state index contributed by atoms with van der Waals surface area (Å²) in [5.74, 6) is 0. The summed E-state index contributed by atoms with van der Waals surface area (Å²) in [5, 5.41) is 6.81. The van der Waals surface area contributed by atoms with E-state index in [9.17, 15) is 4.79 Å². The van der Waals surface area contributed by atoms with Gasteiger partial charge in [0.15, 0.2) is 0 Å². The summed E-state index contributed by atoms with van der Waals surface area (Å²) in [5.41, 5.74) is 1.93. The van der Waals surface area contributed by atoms with Gasteiger partial charge in [-0.3, -0.25) is 4.79 Å². The van der Waals surface area contributed by atoms with E-state index in [4.69, 9.17) is 5.41 Å². The smallest absolute Gasteiger partial charge is 0.150 e. The molecule has 0 amide bonds. The molecule has 1 N–H and O–H groups in total. The Morgan fingerprint density at radius 1 is 1.27 bits per heavy atom. The Labute approximate surface area is 69.1 Å². The number of hydrogen-bond donors (Lipinski definition) is 1. The minimum absolute atomic E-state index is 0.666. The minimum atomic E-state index is 0.666. The molecule has 0 saturated heterocycles. The van der Waals surface area contributed by atoms with Gasteiger partial charge in [-0.05, 0) is 12.1 Å². The van der Waals surface area contributed by atoms with Crippen LogP contribution in [0.2, 0.25) is 0 Å². The molecule has 11 heavy (non-hydrogen) atoms. The van der Waals surface area contributed by atoms with Crippen molar-refractivity contribution in [2.45, 2.75) is 4.90 Å². The van der Waals surface area contributed by atoms with Crippen molar-refractivity contribution in [3.8, 4) is 0 Å². The molecule has 56 valence electrons. The van der Waals surface area contributed by atoms with Crippen molar-refractivity contribution in [2.24, 2.45) is 0 Å². The number of aldehydes is 1. The number of thioether (sulfide) groups is 1. The van der Waals surface area contributed by atoms with Crippen molar-refractivity contribution in [3.63, 3.8) is 0 Å². The Balaban J connectivity index is 2.81. The molecule has 0 aliphatic heterocycles. The van der Waals surface area contributed by atoms with Crippen LogP contribution in [-0.2, 0) is 0 Å². The van der Waals surface area contributed by atoms with Crippen LogP contribution in [0.15, 0.2) is 29.2 Å². The quantitative estimate of drug-likeness (QED) is 0.323. The van der Waals surface area contributed by atoms with Crippen molar-refractivity contribution in [3.05, 3.63) is 29.8 Å². The first kappa shape index (κ1) is 8.01. The maximum Gasteiger partial charge on any atom is 0.150 e. The van der Waals surface area contributed by atoms with Gasteiger partial charge < -0.3 is 5.41 Å². The van der Waals surface area contributed by atoms with Gasteiger partial charge in [0.2, 0.25) is 0 Å². The number of benzene rings is 1. The number of hydrogen-bond acceptors (Lipinski definition) is 3. The first-order valence-electron chi connectivity index (χ1n) is 3.07. The van der Waals surface area contributed by atoms with Crippen LogP contribution in [0.5, 0.6) is 0 Å². The van der Waals surface area contributed by atoms with Crippen LogP contribution in [0, 0.1) is 5.41 Å². The molecule has 1 aromatic rings. The van der Waals surface area contributed by atoms with E-state index in [-0.39, 0.29) is 0 Å². The fraction of sp³-hybridized carbons (Fsp3) is 0. The van der Waals surface area contributed by atoms with E-state index in [1.54, 1.807) is 12.1 Å². The van der Waals surface area contributed by atoms with Crippen molar-refractivity contribution in [1.29, 1.82) is 5.41 Å². The van der Waals surface area contributed by atoms with Crippen LogP contribution in [0.1, 0.15) is 10.4 Å². The lowest BCUT2D eigenvalue weighted by molar-refractivity contribution is 0.112. The standard InChI is InChI=1S/C8H7NOS/c9-6-11-8-3-1-7(5-10)2-4-8/h1-6,9H. The maximum absolute atomic E-state index is 10.2. The second kappa shape index (κ2) is 3.93. The molecule has 0 aliphatic carbocycles. The highest BCUT2D eigenvalue weighted by Crippen LogP contribution is 2.14. The molecule has 1 rings (SSSR count). The van der Waals surface area contributed by atoms with Gasteiger partial charge in [-0.2, -0.15) is 0 Å². The average molecular weight is 165 g/mol. The molecule has 0 aromatic heterocycles. The lowest BCUT2D eigenvalue weighted by atomic mass is 10.2. The van der Waals surface area contributed by atoms with E-state index in [2.05, 4.69) is 0 Å². The first-order valence-corrected chi connectivity index (χ1v) is 3.95. The number of rotatable bonds is 3. The largest absolute Gasteiger partial charge is 0.302 e. The molecular formula is C8H7NOS. The fourth-order valence-electron chi connectivity index (χ4n) is 0.693. The number of carbonyl (C=O) groups excluding carboxylic acids is 1. The topological polar surface area (TPSA) is 40.9 Å². The predicted octanol–water partition coefficient (Wildman–Crippen LogP) is 2.20. The highest BCUT2D eigenvalue weighted by molar-refractivity contribution is 8.12. The minimum Gasteiger partial charge on any atom is -0.302 e. The Morgan fingerprint density at radius 3 is 2.36 bits per heavy atom. The molecule has 3 heteroatoms. The van der Waals surface area contributed by atoms with Crippen LogP contribution in [0.25, 0.3) is 0 Å². The predicted molar refractivity (Wildman–Crippen MR) is 46.5 cm³/mol. The summed E-state index contributed by atoms with van der Waals surface area (Å²) >= 11 is 1.32. The van der Waals surface area contributed by atoms with Crippen LogP contribution < -0.4 is 0 Å². The molecule has 0 radical (unpaired) electrons. The zero-order valence-electron chi connectivity index (χ0n) is 5.78. The molecule has 0 atom stereocenters. The molecule has 0 fully saturated rings. The highest BCUT2D eigenvalue weighted by atomic mass is 32.2. The molecule has 0 spiro atoms. The highest BCUT2D eigenvalue weighted by Gasteiger charge is 1.90. The van der Waals surface area contributed by atoms with Crippen molar-refractivity contribution >= 4 is 23.6 Å². The van der Waals surface area contributed by atoms with Gasteiger partial charge in [0.1, 0.15) is 6.29 Å². The van der Waals surface area contributed by atoms with Crippen LogP contribution >= 0.6 is 11.8 Å². The summed E-state index contributed by atoms with van der Waals surface area (Å²) < 4.78 is 0. The lowest BCUT2D eigenvalue weighted by Crippen LogP contribution is -1.77. The Bertz CT molecular complexity index is 255. The van der Waals surface area contributed by atoms with E-state index in [1.165, 1.54) is 17.3 Å². The third-order valence-corrected chi connectivity index (χ3v) is 1.87. The fourth-order valence-corrected chi connectivity index (χ4v) is 1.12. The SMILES string of the molecule is N=CSc1ccc(C=O)cc1. The van der Waals surface area contributed by atoms with Gasteiger partial charge in [0.25, 0.3) is 0 Å². The molecule has 0 saturated carbocycles. The van der Waals surface area contributed by atoms with Gasteiger partial charge >= 0.3 is 0 Å². The zero-order chi connectivity index (χ0) is 8.10. The van der Waals surface area contributed by atoms with Gasteiger partial charge in [0, 0.05) is 10.5 Å². The van der Waals surface area contributed by atoms with Gasteiger partial charge in [-0.25, -0.2) is 0 Å². The summed E-state index contributed by atoms with van der Waals surface area (Å²) in [6.45, 7) is 0. The Kier molecular flexibility index (Phi) is 2.86. The Morgan fingerprint density at radius 2 is 1.91 bits per heavy atom. The summed E-state index contributed by atoms with van der Waals surface area (Å²) in [7, 11) is 0. The van der Waals surface area contributed by atoms with Crippen LogP contribution in [0.3, 0.4) is 0 Å². The third-order valence-electron chi connectivity index (χ3n) is 1.21. The second-order valence-corrected chi connectivity index (χ2v) is 2.87. The molecule has 0 heterocycles. The van der Waals surface area contributed by atoms with E-state index in [1.807, 2.05) is 12.1 Å². The van der Waals surface area contributed by atoms with Crippen LogP contribution in [0.4, 0.5) is 0 Å². The maximum atomic E-state index is 10.2. The van der Waals surface area contributed by atoms with Gasteiger partial charge in [-0.15, -0.1) is 0 Å². The molecule has 0 unspecified atom stereocenters. The van der Waals surface area contributed by atoms with E-state index in [0.717, 1.165) is 11.2 Å². The Hall–Kier alpha value is -1.09. The summed E-state index contributed by atoms with van der Waals surface area (Å²) in [6, 6.07) is 7.11.